The zero-order chi connectivity index (χ0) is 20.2. The van der Waals surface area contributed by atoms with Crippen LogP contribution in [-0.2, 0) is 0 Å². The van der Waals surface area contributed by atoms with Gasteiger partial charge in [0, 0.05) is 5.54 Å². The summed E-state index contributed by atoms with van der Waals surface area (Å²) in [4.78, 5) is 2.28. The van der Waals surface area contributed by atoms with Crippen LogP contribution in [0.3, 0.4) is 0 Å². The second-order valence-corrected chi connectivity index (χ2v) is 10.1. The first-order valence-electron chi connectivity index (χ1n) is 9.47. The topological polar surface area (TPSA) is 23.5 Å². The minimum atomic E-state index is -0.399. The second kappa shape index (κ2) is 7.65. The molecule has 2 aromatic rings. The molecule has 1 N–H and O–H groups in total. The van der Waals surface area contributed by atoms with Crippen LogP contribution >= 0.6 is 46.4 Å². The highest BCUT2D eigenvalue weighted by Gasteiger charge is 2.56. The normalized spacial score (nSPS) is 32.1. The van der Waals surface area contributed by atoms with Gasteiger partial charge >= 0.3 is 0 Å². The van der Waals surface area contributed by atoms with Gasteiger partial charge in [0.1, 0.15) is 0 Å². The molecule has 6 heteroatoms. The van der Waals surface area contributed by atoms with Gasteiger partial charge in [-0.15, -0.1) is 0 Å². The summed E-state index contributed by atoms with van der Waals surface area (Å²) in [6, 6.07) is 11.7. The fourth-order valence-electron chi connectivity index (χ4n) is 5.40. The molecular weight excluding hydrogens is 436 g/mol. The number of hydrogen-bond donors (Lipinski definition) is 1. The van der Waals surface area contributed by atoms with Crippen LogP contribution in [0, 0.1) is 5.92 Å². The van der Waals surface area contributed by atoms with Crippen LogP contribution in [0.2, 0.25) is 20.1 Å². The van der Waals surface area contributed by atoms with Crippen molar-refractivity contribution in [2.24, 2.45) is 5.92 Å². The van der Waals surface area contributed by atoms with Gasteiger partial charge in [-0.05, 0) is 86.5 Å². The SMILES string of the molecule is CN(C)C12CC(O)C(C(c3ccc(Cl)c(Cl)c3)C1)C(c1ccc(Cl)c(Cl)c1)C2. The van der Waals surface area contributed by atoms with E-state index in [9.17, 15) is 5.11 Å². The molecule has 0 aromatic heterocycles. The van der Waals surface area contributed by atoms with Crippen molar-refractivity contribution in [1.82, 2.24) is 4.90 Å². The molecule has 3 unspecified atom stereocenters. The van der Waals surface area contributed by atoms with E-state index in [-0.39, 0.29) is 23.3 Å². The van der Waals surface area contributed by atoms with Crippen molar-refractivity contribution >= 4 is 46.4 Å². The molecule has 5 rings (SSSR count). The van der Waals surface area contributed by atoms with E-state index in [1.807, 2.05) is 36.4 Å². The Morgan fingerprint density at radius 2 is 1.25 bits per heavy atom. The monoisotopic (exact) mass is 457 g/mol. The predicted octanol–water partition coefficient (Wildman–Crippen LogP) is 6.64. The number of benzene rings is 2. The van der Waals surface area contributed by atoms with E-state index < -0.39 is 6.10 Å². The maximum absolute atomic E-state index is 11.2. The largest absolute Gasteiger partial charge is 0.393 e. The Hall–Kier alpha value is -0.480. The Kier molecular flexibility index (Phi) is 5.68. The lowest BCUT2D eigenvalue weighted by molar-refractivity contribution is -0.0909. The lowest BCUT2D eigenvalue weighted by Crippen LogP contribution is -2.60. The number of hydrogen-bond acceptors (Lipinski definition) is 2. The highest BCUT2D eigenvalue weighted by atomic mass is 35.5. The number of aliphatic hydroxyl groups excluding tert-OH is 1. The summed E-state index contributed by atoms with van der Waals surface area (Å²) in [7, 11) is 4.21. The molecule has 0 heterocycles. The number of rotatable bonds is 3. The summed E-state index contributed by atoms with van der Waals surface area (Å²) >= 11 is 24.9. The van der Waals surface area contributed by atoms with Crippen molar-refractivity contribution < 1.29 is 5.11 Å². The van der Waals surface area contributed by atoms with Gasteiger partial charge in [-0.2, -0.15) is 0 Å². The van der Waals surface area contributed by atoms with E-state index in [1.165, 1.54) is 0 Å². The van der Waals surface area contributed by atoms with Gasteiger partial charge in [0.2, 0.25) is 0 Å². The molecule has 3 aliphatic carbocycles. The minimum absolute atomic E-state index is 0.0816. The van der Waals surface area contributed by atoms with E-state index in [1.54, 1.807) is 0 Å². The fraction of sp³-hybridized carbons (Fsp3) is 0.455. The van der Waals surface area contributed by atoms with Crippen LogP contribution < -0.4 is 0 Å². The molecule has 28 heavy (non-hydrogen) atoms. The smallest absolute Gasteiger partial charge is 0.0597 e. The molecule has 2 bridgehead atoms. The molecular formula is C22H23Cl4NO. The van der Waals surface area contributed by atoms with Crippen LogP contribution in [0.15, 0.2) is 36.4 Å². The van der Waals surface area contributed by atoms with Gasteiger partial charge in [0.05, 0.1) is 26.2 Å². The van der Waals surface area contributed by atoms with Gasteiger partial charge in [0.15, 0.2) is 0 Å². The van der Waals surface area contributed by atoms with Gasteiger partial charge in [-0.25, -0.2) is 0 Å². The molecule has 0 saturated heterocycles. The molecule has 0 amide bonds. The van der Waals surface area contributed by atoms with E-state index in [0.717, 1.165) is 30.4 Å². The fourth-order valence-corrected chi connectivity index (χ4v) is 6.01. The van der Waals surface area contributed by atoms with E-state index in [0.29, 0.717) is 20.1 Å². The van der Waals surface area contributed by atoms with Crippen molar-refractivity contribution in [1.29, 1.82) is 0 Å². The van der Waals surface area contributed by atoms with Crippen LogP contribution in [0.1, 0.15) is 42.2 Å². The van der Waals surface area contributed by atoms with E-state index >= 15 is 0 Å². The third-order valence-electron chi connectivity index (χ3n) is 6.85. The summed E-state index contributed by atoms with van der Waals surface area (Å²) in [6.45, 7) is 0. The molecule has 2 nitrogen and oxygen atoms in total. The zero-order valence-electron chi connectivity index (χ0n) is 15.8. The van der Waals surface area contributed by atoms with Crippen molar-refractivity contribution in [3.05, 3.63) is 67.6 Å². The Bertz CT molecular complexity index is 839. The lowest BCUT2D eigenvalue weighted by atomic mass is 9.52. The number of halogens is 4. The van der Waals surface area contributed by atoms with Gasteiger partial charge in [0.25, 0.3) is 0 Å². The number of aliphatic hydroxyl groups is 1. The van der Waals surface area contributed by atoms with Crippen LogP contribution in [0.5, 0.6) is 0 Å². The van der Waals surface area contributed by atoms with Crippen molar-refractivity contribution in [3.8, 4) is 0 Å². The van der Waals surface area contributed by atoms with Crippen LogP contribution in [0.4, 0.5) is 0 Å². The Balaban J connectivity index is 1.81. The molecule has 3 fully saturated rings. The molecule has 2 aromatic carbocycles. The Morgan fingerprint density at radius 3 is 1.64 bits per heavy atom. The molecule has 3 saturated carbocycles. The number of fused-ring (bicyclic) bond motifs is 3. The molecule has 0 radical (unpaired) electrons. The Morgan fingerprint density at radius 1 is 0.786 bits per heavy atom. The first-order valence-corrected chi connectivity index (χ1v) is 11.0. The standard InChI is InChI=1S/C22H23Cl4NO/c1-27(2)22-9-14(12-3-5-16(23)18(25)7-12)21(20(28)11-22)15(10-22)13-4-6-17(24)19(26)8-13/h3-8,14-15,20-21,28H,9-11H2,1-2H3. The van der Waals surface area contributed by atoms with Crippen LogP contribution in [0.25, 0.3) is 0 Å². The van der Waals surface area contributed by atoms with Gasteiger partial charge in [-0.1, -0.05) is 58.5 Å². The third-order valence-corrected chi connectivity index (χ3v) is 8.33. The molecule has 0 spiro atoms. The lowest BCUT2D eigenvalue weighted by Gasteiger charge is -2.59. The summed E-state index contributed by atoms with van der Waals surface area (Å²) in [5.41, 5.74) is 2.19. The zero-order valence-corrected chi connectivity index (χ0v) is 18.8. The first-order chi connectivity index (χ1) is 13.2. The predicted molar refractivity (Wildman–Crippen MR) is 118 cm³/mol. The quantitative estimate of drug-likeness (QED) is 0.556. The average molecular weight is 459 g/mol. The molecule has 3 aliphatic rings. The van der Waals surface area contributed by atoms with Crippen LogP contribution in [-0.4, -0.2) is 35.7 Å². The summed E-state index contributed by atoms with van der Waals surface area (Å²) in [6.07, 6.45) is 2.35. The minimum Gasteiger partial charge on any atom is -0.393 e. The highest BCUT2D eigenvalue weighted by Crippen LogP contribution is 2.59. The summed E-state index contributed by atoms with van der Waals surface area (Å²) < 4.78 is 0. The number of nitrogens with zero attached hydrogens (tertiary/aromatic N) is 1. The Labute approximate surface area is 186 Å². The molecule has 150 valence electrons. The highest BCUT2D eigenvalue weighted by molar-refractivity contribution is 6.42. The molecule has 3 atom stereocenters. The van der Waals surface area contributed by atoms with Crippen molar-refractivity contribution in [2.75, 3.05) is 14.1 Å². The van der Waals surface area contributed by atoms with Gasteiger partial charge in [-0.3, -0.25) is 0 Å². The first kappa shape index (κ1) is 20.8. The molecule has 0 aliphatic heterocycles. The van der Waals surface area contributed by atoms with E-state index in [2.05, 4.69) is 19.0 Å². The van der Waals surface area contributed by atoms with Gasteiger partial charge < -0.3 is 10.0 Å². The summed E-state index contributed by atoms with van der Waals surface area (Å²) in [5.74, 6) is 0.472. The van der Waals surface area contributed by atoms with E-state index in [4.69, 9.17) is 46.4 Å². The summed E-state index contributed by atoms with van der Waals surface area (Å²) in [5, 5.41) is 13.4. The van der Waals surface area contributed by atoms with Crippen molar-refractivity contribution in [3.63, 3.8) is 0 Å². The second-order valence-electron chi connectivity index (χ2n) is 8.44. The maximum Gasteiger partial charge on any atom is 0.0597 e. The maximum atomic E-state index is 11.2. The third kappa shape index (κ3) is 3.47. The average Bonchev–Trinajstić information content (AvgIpc) is 2.65. The van der Waals surface area contributed by atoms with Crippen molar-refractivity contribution in [2.45, 2.75) is 42.7 Å².